The Kier molecular flexibility index (Phi) is 7.64. The number of pyridine rings is 1. The molecule has 5 rings (SSSR count). The summed E-state index contributed by atoms with van der Waals surface area (Å²) in [4.78, 5) is 35.4. The van der Waals surface area contributed by atoms with Crippen molar-refractivity contribution in [1.82, 2.24) is 9.97 Å². The molecule has 1 aliphatic rings. The summed E-state index contributed by atoms with van der Waals surface area (Å²) in [5.74, 6) is 1.33. The number of amides is 2. The van der Waals surface area contributed by atoms with Gasteiger partial charge in [-0.1, -0.05) is 31.5 Å². The number of anilines is 2. The van der Waals surface area contributed by atoms with Crippen molar-refractivity contribution in [3.63, 3.8) is 0 Å². The highest BCUT2D eigenvalue weighted by Crippen LogP contribution is 2.47. The van der Waals surface area contributed by atoms with E-state index in [4.69, 9.17) is 21.1 Å². The highest BCUT2D eigenvalue weighted by atomic mass is 35.5. The molecule has 2 aromatic heterocycles. The summed E-state index contributed by atoms with van der Waals surface area (Å²) >= 11 is 6.48. The number of alkyl halides is 1. The van der Waals surface area contributed by atoms with E-state index >= 15 is 0 Å². The second-order valence-electron chi connectivity index (χ2n) is 11.2. The van der Waals surface area contributed by atoms with Crippen LogP contribution in [-0.4, -0.2) is 46.6 Å². The first kappa shape index (κ1) is 27.8. The van der Waals surface area contributed by atoms with Crippen molar-refractivity contribution < 1.29 is 19.1 Å². The molecular formula is C31H35ClN4O4. The monoisotopic (exact) mass is 562 g/mol. The van der Waals surface area contributed by atoms with E-state index in [0.717, 1.165) is 51.6 Å². The van der Waals surface area contributed by atoms with Crippen LogP contribution in [0.4, 0.5) is 16.3 Å². The zero-order chi connectivity index (χ0) is 28.6. The van der Waals surface area contributed by atoms with Gasteiger partial charge in [-0.3, -0.25) is 10.1 Å². The number of fused-ring (bicyclic) bond motifs is 4. The number of nitrogens with one attached hydrogen (secondary N) is 2. The molecule has 210 valence electrons. The van der Waals surface area contributed by atoms with Gasteiger partial charge in [0.25, 0.3) is 5.91 Å². The standard InChI is InChI=1S/C31H35ClN4O4/c1-6-7-11-39-25-14-24-28(27-18(2)9-8-10-21(25)27)20(15-32)17-36(24)29(37)22-12-19-13-26(33-16-23(19)34-22)35-30(38)40-31(3,4)5/h8-10,12-14,16,20,34H,6-7,11,15,17H2,1-5H3,(H,33,35,38)/t20-/m1/s1. The van der Waals surface area contributed by atoms with E-state index in [-0.39, 0.29) is 11.8 Å². The van der Waals surface area contributed by atoms with Gasteiger partial charge in [0.1, 0.15) is 22.9 Å². The molecule has 0 fully saturated rings. The van der Waals surface area contributed by atoms with Crippen molar-refractivity contribution >= 4 is 56.8 Å². The molecule has 2 aromatic carbocycles. The second kappa shape index (κ2) is 11.0. The molecule has 0 radical (unpaired) electrons. The largest absolute Gasteiger partial charge is 0.493 e. The van der Waals surface area contributed by atoms with Crippen molar-refractivity contribution in [1.29, 1.82) is 0 Å². The van der Waals surface area contributed by atoms with Crippen molar-refractivity contribution in [3.05, 3.63) is 59.4 Å². The number of ether oxygens (including phenoxy) is 2. The highest BCUT2D eigenvalue weighted by molar-refractivity contribution is 6.19. The first-order chi connectivity index (χ1) is 19.1. The van der Waals surface area contributed by atoms with Crippen LogP contribution in [0.3, 0.4) is 0 Å². The lowest BCUT2D eigenvalue weighted by atomic mass is 9.92. The molecule has 0 unspecified atom stereocenters. The van der Waals surface area contributed by atoms with E-state index in [0.29, 0.717) is 36.1 Å². The van der Waals surface area contributed by atoms with Crippen molar-refractivity contribution in [2.45, 2.75) is 59.0 Å². The van der Waals surface area contributed by atoms with Gasteiger partial charge in [-0.05, 0) is 62.8 Å². The summed E-state index contributed by atoms with van der Waals surface area (Å²) in [5, 5.41) is 5.54. The number of hydrogen-bond donors (Lipinski definition) is 2. The molecule has 0 saturated heterocycles. The summed E-state index contributed by atoms with van der Waals surface area (Å²) in [6.07, 6.45) is 2.98. The number of rotatable bonds is 7. The molecule has 0 saturated carbocycles. The molecule has 0 bridgehead atoms. The number of hydrogen-bond acceptors (Lipinski definition) is 5. The fourth-order valence-corrected chi connectivity index (χ4v) is 5.47. The number of H-pyrrole nitrogens is 1. The number of carbonyl (C=O) groups is 2. The van der Waals surface area contributed by atoms with E-state index in [9.17, 15) is 9.59 Å². The number of halogens is 1. The molecule has 40 heavy (non-hydrogen) atoms. The molecule has 3 heterocycles. The predicted molar refractivity (Wildman–Crippen MR) is 160 cm³/mol. The lowest BCUT2D eigenvalue weighted by molar-refractivity contribution is 0.0635. The third-order valence-electron chi connectivity index (χ3n) is 7.00. The van der Waals surface area contributed by atoms with Crippen LogP contribution in [0.15, 0.2) is 42.6 Å². The maximum Gasteiger partial charge on any atom is 0.413 e. The van der Waals surface area contributed by atoms with Crippen LogP contribution in [0.25, 0.3) is 21.7 Å². The maximum atomic E-state index is 14.0. The lowest BCUT2D eigenvalue weighted by Crippen LogP contribution is -2.30. The fourth-order valence-electron chi connectivity index (χ4n) is 5.22. The van der Waals surface area contributed by atoms with E-state index in [2.05, 4.69) is 41.3 Å². The minimum Gasteiger partial charge on any atom is -0.493 e. The summed E-state index contributed by atoms with van der Waals surface area (Å²) in [6.45, 7) is 10.7. The molecule has 9 heteroatoms. The molecule has 0 spiro atoms. The average molecular weight is 563 g/mol. The van der Waals surface area contributed by atoms with Gasteiger partial charge in [0.15, 0.2) is 0 Å². The molecule has 1 aliphatic heterocycles. The van der Waals surface area contributed by atoms with Crippen LogP contribution < -0.4 is 15.0 Å². The number of aromatic amines is 1. The molecule has 8 nitrogen and oxygen atoms in total. The Morgan fingerprint density at radius 3 is 2.75 bits per heavy atom. The predicted octanol–water partition coefficient (Wildman–Crippen LogP) is 7.53. The fraction of sp³-hybridized carbons (Fsp3) is 0.387. The lowest BCUT2D eigenvalue weighted by Gasteiger charge is -2.19. The van der Waals surface area contributed by atoms with E-state index in [1.807, 2.05) is 12.1 Å². The van der Waals surface area contributed by atoms with Gasteiger partial charge in [0.05, 0.1) is 24.0 Å². The van der Waals surface area contributed by atoms with Gasteiger partial charge in [-0.25, -0.2) is 9.78 Å². The maximum absolute atomic E-state index is 14.0. The van der Waals surface area contributed by atoms with Crippen molar-refractivity contribution in [3.8, 4) is 5.75 Å². The first-order valence-corrected chi connectivity index (χ1v) is 14.2. The van der Waals surface area contributed by atoms with Gasteiger partial charge in [-0.15, -0.1) is 11.6 Å². The van der Waals surface area contributed by atoms with Crippen LogP contribution in [0.5, 0.6) is 5.75 Å². The van der Waals surface area contributed by atoms with Crippen LogP contribution in [0.1, 0.15) is 68.1 Å². The molecule has 2 amide bonds. The summed E-state index contributed by atoms with van der Waals surface area (Å²) in [6, 6.07) is 11.7. The minimum absolute atomic E-state index is 0.00964. The quantitative estimate of drug-likeness (QED) is 0.179. The van der Waals surface area contributed by atoms with Crippen LogP contribution in [0, 0.1) is 6.92 Å². The Morgan fingerprint density at radius 2 is 2.02 bits per heavy atom. The van der Waals surface area contributed by atoms with Crippen molar-refractivity contribution in [2.24, 2.45) is 0 Å². The topological polar surface area (TPSA) is 96.6 Å². The van der Waals surface area contributed by atoms with Gasteiger partial charge in [0.2, 0.25) is 0 Å². The number of unbranched alkanes of at least 4 members (excludes halogenated alkanes) is 1. The molecular weight excluding hydrogens is 528 g/mol. The van der Waals surface area contributed by atoms with E-state index < -0.39 is 11.7 Å². The minimum atomic E-state index is -0.625. The van der Waals surface area contributed by atoms with Gasteiger partial charge in [-0.2, -0.15) is 0 Å². The molecule has 2 N–H and O–H groups in total. The van der Waals surface area contributed by atoms with Crippen LogP contribution in [-0.2, 0) is 4.74 Å². The summed E-state index contributed by atoms with van der Waals surface area (Å²) in [7, 11) is 0. The Labute approximate surface area is 239 Å². The number of aryl methyl sites for hydroxylation is 1. The van der Waals surface area contributed by atoms with E-state index in [1.165, 1.54) is 0 Å². The molecule has 1 atom stereocenters. The summed E-state index contributed by atoms with van der Waals surface area (Å²) < 4.78 is 11.6. The zero-order valence-corrected chi connectivity index (χ0v) is 24.3. The van der Waals surface area contributed by atoms with Gasteiger partial charge in [0, 0.05) is 35.2 Å². The first-order valence-electron chi connectivity index (χ1n) is 13.6. The van der Waals surface area contributed by atoms with Crippen LogP contribution in [0.2, 0.25) is 0 Å². The summed E-state index contributed by atoms with van der Waals surface area (Å²) in [5.41, 5.74) is 3.52. The zero-order valence-electron chi connectivity index (χ0n) is 23.6. The third kappa shape index (κ3) is 5.45. The molecule has 0 aliphatic carbocycles. The van der Waals surface area contributed by atoms with Gasteiger partial charge < -0.3 is 19.4 Å². The SMILES string of the molecule is CCCCOc1cc2c(c3c(C)cccc13)[C@H](CCl)CN2C(=O)c1cc2cc(NC(=O)OC(C)(C)C)ncc2[nH]1. The average Bonchev–Trinajstić information content (AvgIpc) is 3.48. The number of benzene rings is 2. The van der Waals surface area contributed by atoms with Gasteiger partial charge >= 0.3 is 6.09 Å². The van der Waals surface area contributed by atoms with Crippen molar-refractivity contribution in [2.75, 3.05) is 29.2 Å². The Morgan fingerprint density at radius 1 is 1.23 bits per heavy atom. The Hall–Kier alpha value is -3.78. The Balaban J connectivity index is 1.50. The normalized spacial score (nSPS) is 14.9. The Bertz CT molecular complexity index is 1590. The number of nitrogens with zero attached hydrogens (tertiary/aromatic N) is 2. The smallest absolute Gasteiger partial charge is 0.413 e. The highest BCUT2D eigenvalue weighted by Gasteiger charge is 2.36. The molecule has 4 aromatic rings. The second-order valence-corrected chi connectivity index (χ2v) is 11.5. The van der Waals surface area contributed by atoms with E-state index in [1.54, 1.807) is 44.0 Å². The number of aromatic nitrogens is 2. The third-order valence-corrected chi connectivity index (χ3v) is 7.38. The number of carbonyl (C=O) groups excluding carboxylic acids is 2. The van der Waals surface area contributed by atoms with Crippen LogP contribution >= 0.6 is 11.6 Å².